The van der Waals surface area contributed by atoms with Gasteiger partial charge in [0.2, 0.25) is 5.91 Å². The average molecular weight is 285 g/mol. The molecule has 0 aromatic heterocycles. The third-order valence-electron chi connectivity index (χ3n) is 2.45. The number of carboxylic acid groups (broad SMARTS) is 1. The third-order valence-corrected chi connectivity index (χ3v) is 4.07. The van der Waals surface area contributed by atoms with Gasteiger partial charge in [0.25, 0.3) is 0 Å². The first-order chi connectivity index (χ1) is 8.72. The largest absolute Gasteiger partial charge is 0.481 e. The average Bonchev–Trinajstić information content (AvgIpc) is 2.28. The molecule has 1 N–H and O–H groups in total. The second-order valence-electron chi connectivity index (χ2n) is 4.26. The first-order valence-electron chi connectivity index (χ1n) is 5.46. The van der Waals surface area contributed by atoms with Crippen molar-refractivity contribution < 1.29 is 23.1 Å². The Morgan fingerprint density at radius 3 is 2.11 bits per heavy atom. The number of hydrogen-bond acceptors (Lipinski definition) is 4. The van der Waals surface area contributed by atoms with Crippen molar-refractivity contribution in [3.05, 3.63) is 29.8 Å². The van der Waals surface area contributed by atoms with Gasteiger partial charge in [-0.05, 0) is 17.7 Å². The first-order valence-corrected chi connectivity index (χ1v) is 7.11. The van der Waals surface area contributed by atoms with Crippen LogP contribution < -0.4 is 0 Å². The molecular formula is C12H15NO5S. The van der Waals surface area contributed by atoms with Crippen LogP contribution >= 0.6 is 0 Å². The fourth-order valence-corrected chi connectivity index (χ4v) is 2.66. The zero-order chi connectivity index (χ0) is 14.6. The maximum Gasteiger partial charge on any atom is 0.307 e. The molecular weight excluding hydrogens is 270 g/mol. The van der Waals surface area contributed by atoms with E-state index in [0.29, 0.717) is 5.56 Å². The number of hydrogen-bond donors (Lipinski definition) is 1. The number of carbonyl (C=O) groups is 2. The molecule has 1 amide bonds. The monoisotopic (exact) mass is 285 g/mol. The van der Waals surface area contributed by atoms with Crippen LogP contribution in [-0.2, 0) is 25.8 Å². The fourth-order valence-electron chi connectivity index (χ4n) is 1.36. The minimum Gasteiger partial charge on any atom is -0.481 e. The number of aliphatic carboxylic acids is 1. The van der Waals surface area contributed by atoms with Crippen molar-refractivity contribution in [2.75, 3.05) is 19.8 Å². The van der Waals surface area contributed by atoms with Gasteiger partial charge in [0.15, 0.2) is 9.84 Å². The summed E-state index contributed by atoms with van der Waals surface area (Å²) in [6, 6.07) is 5.50. The fraction of sp³-hybridized carbons (Fsp3) is 0.333. The molecule has 0 radical (unpaired) electrons. The summed E-state index contributed by atoms with van der Waals surface area (Å²) in [5.41, 5.74) is 0.505. The highest BCUT2D eigenvalue weighted by Gasteiger charge is 2.20. The number of benzene rings is 1. The van der Waals surface area contributed by atoms with Crippen LogP contribution in [0, 0.1) is 0 Å². The predicted molar refractivity (Wildman–Crippen MR) is 68.5 cm³/mol. The van der Waals surface area contributed by atoms with Crippen LogP contribution in [0.3, 0.4) is 0 Å². The Bertz CT molecular complexity index is 575. The van der Waals surface area contributed by atoms with Crippen molar-refractivity contribution in [1.29, 1.82) is 0 Å². The van der Waals surface area contributed by atoms with Crippen LogP contribution in [0.2, 0.25) is 0 Å². The number of carboxylic acids is 1. The topological polar surface area (TPSA) is 91.8 Å². The van der Waals surface area contributed by atoms with E-state index in [1.54, 1.807) is 0 Å². The van der Waals surface area contributed by atoms with E-state index < -0.39 is 27.5 Å². The van der Waals surface area contributed by atoms with Gasteiger partial charge in [0.05, 0.1) is 11.3 Å². The van der Waals surface area contributed by atoms with Gasteiger partial charge in [-0.2, -0.15) is 0 Å². The molecule has 0 fully saturated rings. The van der Waals surface area contributed by atoms with Crippen molar-refractivity contribution in [2.45, 2.75) is 11.3 Å². The van der Waals surface area contributed by atoms with E-state index in [-0.39, 0.29) is 11.3 Å². The van der Waals surface area contributed by atoms with Crippen LogP contribution in [0.4, 0.5) is 0 Å². The number of nitrogens with zero attached hydrogens (tertiary/aromatic N) is 1. The Balaban J connectivity index is 2.91. The Labute approximate surface area is 111 Å². The van der Waals surface area contributed by atoms with Gasteiger partial charge in [0.1, 0.15) is 5.75 Å². The Morgan fingerprint density at radius 2 is 1.68 bits per heavy atom. The molecule has 7 heteroatoms. The molecule has 0 spiro atoms. The molecule has 0 aliphatic rings. The van der Waals surface area contributed by atoms with E-state index in [9.17, 15) is 18.0 Å². The van der Waals surface area contributed by atoms with Gasteiger partial charge in [-0.15, -0.1) is 0 Å². The van der Waals surface area contributed by atoms with E-state index >= 15 is 0 Å². The van der Waals surface area contributed by atoms with Gasteiger partial charge in [-0.1, -0.05) is 12.1 Å². The smallest absolute Gasteiger partial charge is 0.307 e. The molecule has 0 aliphatic heterocycles. The zero-order valence-corrected chi connectivity index (χ0v) is 11.5. The van der Waals surface area contributed by atoms with Crippen molar-refractivity contribution in [2.24, 2.45) is 0 Å². The van der Waals surface area contributed by atoms with Crippen LogP contribution in [0.15, 0.2) is 29.2 Å². The van der Waals surface area contributed by atoms with Crippen molar-refractivity contribution >= 4 is 21.7 Å². The van der Waals surface area contributed by atoms with E-state index in [1.807, 2.05) is 0 Å². The van der Waals surface area contributed by atoms with E-state index in [1.165, 1.54) is 43.3 Å². The Hall–Kier alpha value is -1.89. The molecule has 6 nitrogen and oxygen atoms in total. The Kier molecular flexibility index (Phi) is 4.66. The number of rotatable bonds is 5. The highest BCUT2D eigenvalue weighted by atomic mass is 32.2. The number of carbonyl (C=O) groups excluding carboxylic acids is 1. The van der Waals surface area contributed by atoms with Crippen molar-refractivity contribution in [3.63, 3.8) is 0 Å². The quantitative estimate of drug-likeness (QED) is 0.833. The molecule has 19 heavy (non-hydrogen) atoms. The maximum atomic E-state index is 11.9. The van der Waals surface area contributed by atoms with E-state index in [0.717, 1.165) is 0 Å². The van der Waals surface area contributed by atoms with Crippen LogP contribution in [0.25, 0.3) is 0 Å². The summed E-state index contributed by atoms with van der Waals surface area (Å²) in [5.74, 6) is -2.09. The Morgan fingerprint density at radius 1 is 1.16 bits per heavy atom. The third kappa shape index (κ3) is 4.36. The van der Waals surface area contributed by atoms with Crippen molar-refractivity contribution in [1.82, 2.24) is 4.90 Å². The van der Waals surface area contributed by atoms with Crippen LogP contribution in [-0.4, -0.2) is 50.1 Å². The van der Waals surface area contributed by atoms with Gasteiger partial charge in [-0.3, -0.25) is 9.59 Å². The summed E-state index contributed by atoms with van der Waals surface area (Å²) < 4.78 is 23.8. The second-order valence-corrected chi connectivity index (χ2v) is 6.25. The molecule has 1 aromatic carbocycles. The molecule has 1 rings (SSSR count). The lowest BCUT2D eigenvalue weighted by Crippen LogP contribution is -2.29. The van der Waals surface area contributed by atoms with E-state index in [4.69, 9.17) is 5.11 Å². The molecule has 0 saturated heterocycles. The van der Waals surface area contributed by atoms with Gasteiger partial charge in [0, 0.05) is 14.1 Å². The second kappa shape index (κ2) is 5.83. The molecule has 0 saturated carbocycles. The molecule has 1 aromatic rings. The first kappa shape index (κ1) is 15.2. The molecule has 0 unspecified atom stereocenters. The van der Waals surface area contributed by atoms with Crippen LogP contribution in [0.5, 0.6) is 0 Å². The lowest BCUT2D eigenvalue weighted by molar-refractivity contribution is -0.136. The highest BCUT2D eigenvalue weighted by Crippen LogP contribution is 2.13. The normalized spacial score (nSPS) is 11.1. The number of sulfone groups is 1. The standard InChI is InChI=1S/C12H15NO5S/c1-13(2)11(14)8-19(17,18)10-5-3-9(4-6-10)7-12(15)16/h3-6H,7-8H2,1-2H3,(H,15,16). The predicted octanol–water partition coefficient (Wildman–Crippen LogP) is 0.176. The SMILES string of the molecule is CN(C)C(=O)CS(=O)(=O)c1ccc(CC(=O)O)cc1. The lowest BCUT2D eigenvalue weighted by atomic mass is 10.2. The molecule has 104 valence electrons. The summed E-state index contributed by atoms with van der Waals surface area (Å²) in [5, 5.41) is 8.61. The molecule has 0 aliphatic carbocycles. The maximum absolute atomic E-state index is 11.9. The molecule has 0 heterocycles. The summed E-state index contributed by atoms with van der Waals surface area (Å²) in [6.07, 6.45) is -0.170. The summed E-state index contributed by atoms with van der Waals surface area (Å²) in [7, 11) is -0.728. The minimum atomic E-state index is -3.69. The zero-order valence-electron chi connectivity index (χ0n) is 10.7. The lowest BCUT2D eigenvalue weighted by Gasteiger charge is -2.10. The van der Waals surface area contributed by atoms with E-state index in [2.05, 4.69) is 0 Å². The number of amides is 1. The molecule has 0 atom stereocenters. The van der Waals surface area contributed by atoms with Crippen molar-refractivity contribution in [3.8, 4) is 0 Å². The molecule has 0 bridgehead atoms. The highest BCUT2D eigenvalue weighted by molar-refractivity contribution is 7.92. The van der Waals surface area contributed by atoms with Gasteiger partial charge in [-0.25, -0.2) is 8.42 Å². The minimum absolute atomic E-state index is 0.0110. The summed E-state index contributed by atoms with van der Waals surface area (Å²) in [6.45, 7) is 0. The van der Waals surface area contributed by atoms with Gasteiger partial charge < -0.3 is 10.0 Å². The summed E-state index contributed by atoms with van der Waals surface area (Å²) >= 11 is 0. The van der Waals surface area contributed by atoms with Gasteiger partial charge >= 0.3 is 5.97 Å². The van der Waals surface area contributed by atoms with Crippen LogP contribution in [0.1, 0.15) is 5.56 Å². The summed E-state index contributed by atoms with van der Waals surface area (Å²) in [4.78, 5) is 23.1.